The van der Waals surface area contributed by atoms with Gasteiger partial charge in [0, 0.05) is 42.4 Å². The van der Waals surface area contributed by atoms with Crippen molar-refractivity contribution in [1.82, 2.24) is 0 Å². The zero-order valence-corrected chi connectivity index (χ0v) is 32.7. The Morgan fingerprint density at radius 2 is 0.965 bits per heavy atom. The van der Waals surface area contributed by atoms with Crippen molar-refractivity contribution in [1.29, 1.82) is 0 Å². The second kappa shape index (κ2) is 13.2. The summed E-state index contributed by atoms with van der Waals surface area (Å²) in [5, 5.41) is 5.12. The zero-order valence-electron chi connectivity index (χ0n) is 31.9. The molecule has 1 aromatic heterocycles. The summed E-state index contributed by atoms with van der Waals surface area (Å²) in [4.78, 5) is 2.50. The number of anilines is 3. The topological polar surface area (TPSA) is 3.24 Å². The highest BCUT2D eigenvalue weighted by Gasteiger charge is 2.37. The molecule has 0 radical (unpaired) electrons. The summed E-state index contributed by atoms with van der Waals surface area (Å²) in [6, 6.07) is 74.0. The minimum atomic E-state index is -0.0960. The summed E-state index contributed by atoms with van der Waals surface area (Å²) in [6.07, 6.45) is 0. The molecule has 1 heterocycles. The Kier molecular flexibility index (Phi) is 7.77. The van der Waals surface area contributed by atoms with Crippen LogP contribution in [0.3, 0.4) is 0 Å². The van der Waals surface area contributed by atoms with Gasteiger partial charge in [-0.2, -0.15) is 0 Å². The molecule has 0 aliphatic heterocycles. The van der Waals surface area contributed by atoms with Crippen molar-refractivity contribution >= 4 is 59.3 Å². The van der Waals surface area contributed by atoms with Crippen molar-refractivity contribution in [3.05, 3.63) is 211 Å². The molecule has 0 unspecified atom stereocenters. The lowest BCUT2D eigenvalue weighted by Gasteiger charge is -2.31. The quantitative estimate of drug-likeness (QED) is 0.164. The highest BCUT2D eigenvalue weighted by atomic mass is 32.1. The maximum absolute atomic E-state index is 2.50. The van der Waals surface area contributed by atoms with Crippen LogP contribution in [0.15, 0.2) is 200 Å². The summed E-state index contributed by atoms with van der Waals surface area (Å²) in [5.41, 5.74) is 15.9. The SMILES string of the molecule is CC1(C)c2ccccc2-c2c(-c3ccccc3N(c3cccc(-c4cccc5ccccc45)c3)c3ccccc3-c3ccc4c(c3)sc3ccccc34)cccc21. The van der Waals surface area contributed by atoms with E-state index < -0.39 is 0 Å². The van der Waals surface area contributed by atoms with Gasteiger partial charge in [-0.05, 0) is 91.7 Å². The van der Waals surface area contributed by atoms with Gasteiger partial charge in [-0.25, -0.2) is 0 Å². The summed E-state index contributed by atoms with van der Waals surface area (Å²) in [7, 11) is 0. The maximum Gasteiger partial charge on any atom is 0.0540 e. The average molecular weight is 746 g/mol. The first-order valence-corrected chi connectivity index (χ1v) is 20.6. The van der Waals surface area contributed by atoms with Crippen molar-refractivity contribution in [2.24, 2.45) is 0 Å². The van der Waals surface area contributed by atoms with Gasteiger partial charge in [0.05, 0.1) is 11.4 Å². The minimum absolute atomic E-state index is 0.0960. The van der Waals surface area contributed by atoms with Gasteiger partial charge in [0.2, 0.25) is 0 Å². The number of nitrogens with zero attached hydrogens (tertiary/aromatic N) is 1. The predicted octanol–water partition coefficient (Wildman–Crippen LogP) is 16.0. The molecule has 1 aliphatic carbocycles. The van der Waals surface area contributed by atoms with E-state index in [0.717, 1.165) is 17.1 Å². The fraction of sp³-hybridized carbons (Fsp3) is 0.0545. The van der Waals surface area contributed by atoms with Crippen molar-refractivity contribution in [2.75, 3.05) is 4.90 Å². The first-order chi connectivity index (χ1) is 28.0. The molecule has 0 N–H and O–H groups in total. The second-order valence-corrected chi connectivity index (χ2v) is 16.7. The lowest BCUT2D eigenvalue weighted by Crippen LogP contribution is -2.15. The smallest absolute Gasteiger partial charge is 0.0540 e. The average Bonchev–Trinajstić information content (AvgIpc) is 3.75. The van der Waals surface area contributed by atoms with E-state index in [1.54, 1.807) is 0 Å². The highest BCUT2D eigenvalue weighted by Crippen LogP contribution is 2.54. The van der Waals surface area contributed by atoms with Gasteiger partial charge in [-0.15, -0.1) is 11.3 Å². The van der Waals surface area contributed by atoms with E-state index in [4.69, 9.17) is 0 Å². The van der Waals surface area contributed by atoms with Crippen LogP contribution in [0.25, 0.3) is 75.5 Å². The third kappa shape index (κ3) is 5.36. The molecule has 1 aliphatic rings. The lowest BCUT2D eigenvalue weighted by atomic mass is 9.82. The molecule has 0 saturated carbocycles. The van der Waals surface area contributed by atoms with Crippen LogP contribution in [0.1, 0.15) is 25.0 Å². The molecule has 10 aromatic rings. The Morgan fingerprint density at radius 3 is 1.84 bits per heavy atom. The van der Waals surface area contributed by atoms with Gasteiger partial charge in [-0.1, -0.05) is 178 Å². The molecular formula is C55H39NS. The molecule has 11 rings (SSSR count). The van der Waals surface area contributed by atoms with Crippen LogP contribution < -0.4 is 4.90 Å². The fourth-order valence-corrected chi connectivity index (χ4v) is 10.5. The van der Waals surface area contributed by atoms with Crippen LogP contribution in [0.4, 0.5) is 17.1 Å². The van der Waals surface area contributed by atoms with Crippen LogP contribution >= 0.6 is 11.3 Å². The van der Waals surface area contributed by atoms with E-state index in [1.165, 1.54) is 86.6 Å². The molecule has 270 valence electrons. The Labute approximate surface area is 337 Å². The van der Waals surface area contributed by atoms with Gasteiger partial charge >= 0.3 is 0 Å². The Balaban J connectivity index is 1.16. The largest absolute Gasteiger partial charge is 0.309 e. The molecule has 0 bridgehead atoms. The number of rotatable bonds is 6. The van der Waals surface area contributed by atoms with Gasteiger partial charge < -0.3 is 4.90 Å². The minimum Gasteiger partial charge on any atom is -0.309 e. The van der Waals surface area contributed by atoms with Crippen LogP contribution in [0.2, 0.25) is 0 Å². The van der Waals surface area contributed by atoms with Crippen LogP contribution in [0, 0.1) is 0 Å². The molecule has 0 fully saturated rings. The number of para-hydroxylation sites is 2. The number of thiophene rings is 1. The lowest BCUT2D eigenvalue weighted by molar-refractivity contribution is 0.660. The highest BCUT2D eigenvalue weighted by molar-refractivity contribution is 7.25. The summed E-state index contributed by atoms with van der Waals surface area (Å²) < 4.78 is 2.62. The van der Waals surface area contributed by atoms with Crippen LogP contribution in [0.5, 0.6) is 0 Å². The van der Waals surface area contributed by atoms with Crippen LogP contribution in [-0.2, 0) is 5.41 Å². The molecular weight excluding hydrogens is 707 g/mol. The number of hydrogen-bond acceptors (Lipinski definition) is 2. The standard InChI is InChI=1S/C55H39NS/c1-55(2)48-27-9-5-24-47(48)54-46(26-15-28-49(54)55)43-22-7-11-30-51(43)56(39-19-13-18-37(34-39)41-25-14-17-36-16-3-4-20-40(36)41)50-29-10-6-21-42(50)38-32-33-45-44-23-8-12-31-52(44)57-53(45)35-38/h3-35H,1-2H3. The van der Waals surface area contributed by atoms with E-state index in [1.807, 2.05) is 11.3 Å². The maximum atomic E-state index is 2.50. The number of fused-ring (bicyclic) bond motifs is 7. The molecule has 9 aromatic carbocycles. The van der Waals surface area contributed by atoms with E-state index in [-0.39, 0.29) is 5.41 Å². The summed E-state index contributed by atoms with van der Waals surface area (Å²) >= 11 is 1.87. The van der Waals surface area contributed by atoms with Crippen molar-refractivity contribution in [3.63, 3.8) is 0 Å². The van der Waals surface area contributed by atoms with Crippen molar-refractivity contribution in [2.45, 2.75) is 19.3 Å². The molecule has 0 atom stereocenters. The van der Waals surface area contributed by atoms with Gasteiger partial charge in [0.25, 0.3) is 0 Å². The number of benzene rings is 9. The normalized spacial score (nSPS) is 12.9. The van der Waals surface area contributed by atoms with E-state index in [2.05, 4.69) is 219 Å². The second-order valence-electron chi connectivity index (χ2n) is 15.7. The molecule has 57 heavy (non-hydrogen) atoms. The van der Waals surface area contributed by atoms with Gasteiger partial charge in [-0.3, -0.25) is 0 Å². The third-order valence-electron chi connectivity index (χ3n) is 12.1. The third-order valence-corrected chi connectivity index (χ3v) is 13.2. The first kappa shape index (κ1) is 33.6. The predicted molar refractivity (Wildman–Crippen MR) is 245 cm³/mol. The van der Waals surface area contributed by atoms with Crippen molar-refractivity contribution in [3.8, 4) is 44.5 Å². The van der Waals surface area contributed by atoms with Gasteiger partial charge in [0.1, 0.15) is 0 Å². The summed E-state index contributed by atoms with van der Waals surface area (Å²) in [5.74, 6) is 0. The first-order valence-electron chi connectivity index (χ1n) is 19.8. The van der Waals surface area contributed by atoms with Gasteiger partial charge in [0.15, 0.2) is 0 Å². The monoisotopic (exact) mass is 745 g/mol. The molecule has 1 nitrogen and oxygen atoms in total. The van der Waals surface area contributed by atoms with E-state index in [0.29, 0.717) is 0 Å². The molecule has 2 heteroatoms. The zero-order chi connectivity index (χ0) is 38.1. The fourth-order valence-electron chi connectivity index (χ4n) is 9.38. The Bertz CT molecular complexity index is 3180. The van der Waals surface area contributed by atoms with Crippen LogP contribution in [-0.4, -0.2) is 0 Å². The number of hydrogen-bond donors (Lipinski definition) is 0. The van der Waals surface area contributed by atoms with E-state index in [9.17, 15) is 0 Å². The van der Waals surface area contributed by atoms with E-state index >= 15 is 0 Å². The molecule has 0 amide bonds. The Morgan fingerprint density at radius 1 is 0.386 bits per heavy atom. The summed E-state index contributed by atoms with van der Waals surface area (Å²) in [6.45, 7) is 4.73. The molecule has 0 saturated heterocycles. The Hall–Kier alpha value is -6.74. The van der Waals surface area contributed by atoms with Crippen molar-refractivity contribution < 1.29 is 0 Å². The molecule has 0 spiro atoms.